The van der Waals surface area contributed by atoms with Gasteiger partial charge in [-0.25, -0.2) is 8.42 Å². The lowest BCUT2D eigenvalue weighted by Gasteiger charge is -2.23. The number of aryl methyl sites for hydroxylation is 1. The van der Waals surface area contributed by atoms with E-state index in [2.05, 4.69) is 5.32 Å². The maximum absolute atomic E-state index is 12.3. The van der Waals surface area contributed by atoms with E-state index >= 15 is 0 Å². The average Bonchev–Trinajstić information content (AvgIpc) is 2.83. The summed E-state index contributed by atoms with van der Waals surface area (Å²) in [6, 6.07) is 7.53. The second-order valence-electron chi connectivity index (χ2n) is 4.46. The van der Waals surface area contributed by atoms with Crippen LogP contribution in [0.5, 0.6) is 0 Å². The van der Waals surface area contributed by atoms with Crippen LogP contribution in [0.1, 0.15) is 12.0 Å². The summed E-state index contributed by atoms with van der Waals surface area (Å²) in [5, 5.41) is 2.79. The molecule has 1 fully saturated rings. The van der Waals surface area contributed by atoms with E-state index < -0.39 is 10.0 Å². The zero-order valence-electron chi connectivity index (χ0n) is 10.2. The third-order valence-electron chi connectivity index (χ3n) is 3.22. The molecule has 0 amide bonds. The van der Waals surface area contributed by atoms with Gasteiger partial charge in [0.25, 0.3) is 0 Å². The quantitative estimate of drug-likeness (QED) is 0.879. The second kappa shape index (κ2) is 4.66. The molecular weight excluding hydrogens is 236 g/mol. The van der Waals surface area contributed by atoms with Crippen molar-refractivity contribution in [1.82, 2.24) is 5.32 Å². The summed E-state index contributed by atoms with van der Waals surface area (Å²) < 4.78 is 26.0. The van der Waals surface area contributed by atoms with Crippen LogP contribution in [0.3, 0.4) is 0 Å². The second-order valence-corrected chi connectivity index (χ2v) is 6.71. The molecule has 1 aromatic carbocycles. The first-order chi connectivity index (χ1) is 8.01. The van der Waals surface area contributed by atoms with Crippen LogP contribution in [0, 0.1) is 6.92 Å². The van der Waals surface area contributed by atoms with Crippen molar-refractivity contribution in [3.8, 4) is 0 Å². The fourth-order valence-electron chi connectivity index (χ4n) is 2.01. The van der Waals surface area contributed by atoms with Gasteiger partial charge >= 0.3 is 0 Å². The molecule has 17 heavy (non-hydrogen) atoms. The van der Waals surface area contributed by atoms with E-state index in [0.29, 0.717) is 13.0 Å². The number of nitrogens with one attached hydrogen (secondary N) is 1. The zero-order chi connectivity index (χ0) is 12.5. The number of benzene rings is 1. The highest BCUT2D eigenvalue weighted by Gasteiger charge is 2.32. The molecule has 0 radical (unpaired) electrons. The van der Waals surface area contributed by atoms with Crippen molar-refractivity contribution < 1.29 is 8.42 Å². The summed E-state index contributed by atoms with van der Waals surface area (Å²) in [6.07, 6.45) is 0.693. The van der Waals surface area contributed by atoms with Crippen LogP contribution < -0.4 is 9.62 Å². The van der Waals surface area contributed by atoms with Crippen molar-refractivity contribution in [2.45, 2.75) is 18.6 Å². The number of hydrogen-bond donors (Lipinski definition) is 1. The number of sulfonamides is 1. The van der Waals surface area contributed by atoms with Crippen LogP contribution >= 0.6 is 0 Å². The first-order valence-corrected chi connectivity index (χ1v) is 7.27. The fourth-order valence-corrected chi connectivity index (χ4v) is 3.61. The summed E-state index contributed by atoms with van der Waals surface area (Å²) in [4.78, 5) is 0. The van der Waals surface area contributed by atoms with Gasteiger partial charge in [0, 0.05) is 13.6 Å². The monoisotopic (exact) mass is 254 g/mol. The number of rotatable bonds is 3. The van der Waals surface area contributed by atoms with E-state index in [1.807, 2.05) is 31.2 Å². The third kappa shape index (κ3) is 2.45. The van der Waals surface area contributed by atoms with Crippen LogP contribution in [0.15, 0.2) is 24.3 Å². The Morgan fingerprint density at radius 3 is 2.47 bits per heavy atom. The molecule has 2 rings (SSSR count). The average molecular weight is 254 g/mol. The summed E-state index contributed by atoms with van der Waals surface area (Å²) in [7, 11) is -1.61. The molecule has 1 atom stereocenters. The van der Waals surface area contributed by atoms with Gasteiger partial charge in [0.15, 0.2) is 0 Å². The van der Waals surface area contributed by atoms with Crippen molar-refractivity contribution in [1.29, 1.82) is 0 Å². The molecule has 1 aliphatic heterocycles. The van der Waals surface area contributed by atoms with Crippen LogP contribution in [0.2, 0.25) is 0 Å². The van der Waals surface area contributed by atoms with E-state index in [1.165, 1.54) is 4.31 Å². The smallest absolute Gasteiger partial charge is 0.239 e. The first-order valence-electron chi connectivity index (χ1n) is 5.77. The van der Waals surface area contributed by atoms with Crippen LogP contribution in [0.4, 0.5) is 5.69 Å². The Labute approximate surface area is 103 Å². The molecule has 0 saturated carbocycles. The van der Waals surface area contributed by atoms with Crippen molar-refractivity contribution >= 4 is 15.7 Å². The highest BCUT2D eigenvalue weighted by atomic mass is 32.2. The lowest BCUT2D eigenvalue weighted by atomic mass is 10.2. The van der Waals surface area contributed by atoms with Crippen molar-refractivity contribution in [3.05, 3.63) is 29.8 Å². The molecule has 0 spiro atoms. The van der Waals surface area contributed by atoms with Gasteiger partial charge in [-0.1, -0.05) is 17.7 Å². The molecule has 1 aromatic rings. The Balaban J connectivity index is 2.24. The number of hydrogen-bond acceptors (Lipinski definition) is 3. The summed E-state index contributed by atoms with van der Waals surface area (Å²) in [6.45, 7) is 3.32. The summed E-state index contributed by atoms with van der Waals surface area (Å²) in [5.41, 5.74) is 1.85. The van der Waals surface area contributed by atoms with Crippen LogP contribution in [0.25, 0.3) is 0 Å². The maximum Gasteiger partial charge on any atom is 0.239 e. The van der Waals surface area contributed by atoms with Gasteiger partial charge in [0.1, 0.15) is 0 Å². The molecule has 1 heterocycles. The van der Waals surface area contributed by atoms with E-state index in [0.717, 1.165) is 17.8 Å². The lowest BCUT2D eigenvalue weighted by Crippen LogP contribution is -2.37. The minimum absolute atomic E-state index is 0.297. The maximum atomic E-state index is 12.3. The molecule has 1 saturated heterocycles. The van der Waals surface area contributed by atoms with Crippen molar-refractivity contribution in [2.75, 3.05) is 24.4 Å². The van der Waals surface area contributed by atoms with Gasteiger partial charge in [-0.3, -0.25) is 4.31 Å². The first kappa shape index (κ1) is 12.4. The predicted molar refractivity (Wildman–Crippen MR) is 69.8 cm³/mol. The Morgan fingerprint density at radius 1 is 1.29 bits per heavy atom. The van der Waals surface area contributed by atoms with E-state index in [4.69, 9.17) is 0 Å². The molecule has 94 valence electrons. The highest BCUT2D eigenvalue weighted by molar-refractivity contribution is 7.93. The van der Waals surface area contributed by atoms with Crippen molar-refractivity contribution in [2.24, 2.45) is 0 Å². The zero-order valence-corrected chi connectivity index (χ0v) is 11.0. The molecule has 1 unspecified atom stereocenters. The highest BCUT2D eigenvalue weighted by Crippen LogP contribution is 2.21. The largest absolute Gasteiger partial charge is 0.315 e. The van der Waals surface area contributed by atoms with Gasteiger partial charge in [0.05, 0.1) is 10.9 Å². The van der Waals surface area contributed by atoms with Crippen molar-refractivity contribution in [3.63, 3.8) is 0 Å². The van der Waals surface area contributed by atoms with Gasteiger partial charge in [-0.05, 0) is 32.0 Å². The van der Waals surface area contributed by atoms with Gasteiger partial charge < -0.3 is 5.32 Å². The normalized spacial score (nSPS) is 20.5. The van der Waals surface area contributed by atoms with E-state index in [9.17, 15) is 8.42 Å². The Morgan fingerprint density at radius 2 is 1.94 bits per heavy atom. The molecule has 1 aliphatic rings. The summed E-state index contributed by atoms with van der Waals surface area (Å²) >= 11 is 0. The van der Waals surface area contributed by atoms with Gasteiger partial charge in [-0.15, -0.1) is 0 Å². The molecule has 5 heteroatoms. The molecule has 0 aliphatic carbocycles. The fraction of sp³-hybridized carbons (Fsp3) is 0.500. The number of anilines is 1. The topological polar surface area (TPSA) is 49.4 Å². The molecular formula is C12H18N2O2S. The SMILES string of the molecule is Cc1ccc(N(C)S(=O)(=O)C2CCNC2)cc1. The Bertz CT molecular complexity index is 476. The molecule has 0 bridgehead atoms. The molecule has 1 N–H and O–H groups in total. The standard InChI is InChI=1S/C12H18N2O2S/c1-10-3-5-11(6-4-10)14(2)17(15,16)12-7-8-13-9-12/h3-6,12-13H,7-9H2,1-2H3. The number of nitrogens with zero attached hydrogens (tertiary/aromatic N) is 1. The third-order valence-corrected chi connectivity index (χ3v) is 5.43. The van der Waals surface area contributed by atoms with E-state index in [1.54, 1.807) is 7.05 Å². The predicted octanol–water partition coefficient (Wildman–Crippen LogP) is 1.12. The van der Waals surface area contributed by atoms with Crippen LogP contribution in [-0.2, 0) is 10.0 Å². The molecule has 0 aromatic heterocycles. The molecule has 4 nitrogen and oxygen atoms in total. The van der Waals surface area contributed by atoms with E-state index in [-0.39, 0.29) is 5.25 Å². The van der Waals surface area contributed by atoms with Crippen LogP contribution in [-0.4, -0.2) is 33.8 Å². The van der Waals surface area contributed by atoms with Gasteiger partial charge in [-0.2, -0.15) is 0 Å². The van der Waals surface area contributed by atoms with Gasteiger partial charge in [0.2, 0.25) is 10.0 Å². The lowest BCUT2D eigenvalue weighted by molar-refractivity contribution is 0.581. The Hall–Kier alpha value is -1.07. The summed E-state index contributed by atoms with van der Waals surface area (Å²) in [5.74, 6) is 0. The Kier molecular flexibility index (Phi) is 3.40. The minimum atomic E-state index is -3.23. The minimum Gasteiger partial charge on any atom is -0.315 e.